The zero-order valence-electron chi connectivity index (χ0n) is 24.6. The van der Waals surface area contributed by atoms with Crippen molar-refractivity contribution < 1.29 is 0 Å². The molecule has 214 valence electrons. The molecule has 0 aliphatic carbocycles. The topological polar surface area (TPSA) is 63.1 Å². The summed E-state index contributed by atoms with van der Waals surface area (Å²) in [5, 5.41) is 4.65. The van der Waals surface area contributed by atoms with E-state index < -0.39 is 0 Å². The number of aryl methyl sites for hydroxylation is 3. The van der Waals surface area contributed by atoms with E-state index in [9.17, 15) is 4.79 Å². The second-order valence-electron chi connectivity index (χ2n) is 11.4. The third-order valence-electron chi connectivity index (χ3n) is 8.54. The minimum atomic E-state index is -0.123. The Morgan fingerprint density at radius 2 is 1.64 bits per heavy atom. The Bertz CT molecular complexity index is 1820. The maximum absolute atomic E-state index is 13.8. The molecular formula is C35H36ClN5O. The van der Waals surface area contributed by atoms with E-state index in [0.29, 0.717) is 40.2 Å². The minimum absolute atomic E-state index is 0.123. The number of anilines is 2. The normalized spacial score (nSPS) is 14.4. The summed E-state index contributed by atoms with van der Waals surface area (Å²) in [6.45, 7) is 8.86. The van der Waals surface area contributed by atoms with Crippen molar-refractivity contribution >= 4 is 34.3 Å². The average Bonchev–Trinajstić information content (AvgIpc) is 2.99. The van der Waals surface area contributed by atoms with Gasteiger partial charge in [-0.1, -0.05) is 48.0 Å². The maximum Gasteiger partial charge on any atom is 0.260 e. The lowest BCUT2D eigenvalue weighted by Crippen LogP contribution is -2.29. The maximum atomic E-state index is 13.8. The number of pyridine rings is 1. The number of nitrogens with one attached hydrogen (secondary N) is 1. The zero-order valence-corrected chi connectivity index (χ0v) is 25.4. The highest BCUT2D eigenvalue weighted by Gasteiger charge is 2.19. The van der Waals surface area contributed by atoms with E-state index in [1.165, 1.54) is 24.0 Å². The monoisotopic (exact) mass is 577 g/mol. The zero-order chi connectivity index (χ0) is 29.4. The predicted molar refractivity (Wildman–Crippen MR) is 174 cm³/mol. The smallest absolute Gasteiger partial charge is 0.260 e. The van der Waals surface area contributed by atoms with Gasteiger partial charge in [-0.25, -0.2) is 4.98 Å². The van der Waals surface area contributed by atoms with Gasteiger partial charge in [0, 0.05) is 40.0 Å². The van der Waals surface area contributed by atoms with Crippen LogP contribution in [0.1, 0.15) is 42.4 Å². The molecule has 0 unspecified atom stereocenters. The SMILES string of the molecule is CCn1c(=O)c(-c2cc(C)c(-c3ccccc3C)cc2Cl)cc2cnc(Nc3ccc(C4CCN(C)CC4)cc3)nc21. The summed E-state index contributed by atoms with van der Waals surface area (Å²) in [6, 6.07) is 22.7. The van der Waals surface area contributed by atoms with Crippen LogP contribution in [0.4, 0.5) is 11.6 Å². The van der Waals surface area contributed by atoms with Crippen molar-refractivity contribution in [3.63, 3.8) is 0 Å². The van der Waals surface area contributed by atoms with Crippen molar-refractivity contribution in [3.8, 4) is 22.3 Å². The van der Waals surface area contributed by atoms with Crippen LogP contribution < -0.4 is 10.9 Å². The summed E-state index contributed by atoms with van der Waals surface area (Å²) in [6.07, 6.45) is 4.15. The van der Waals surface area contributed by atoms with E-state index in [1.54, 1.807) is 10.8 Å². The van der Waals surface area contributed by atoms with E-state index in [2.05, 4.69) is 72.5 Å². The quantitative estimate of drug-likeness (QED) is 0.222. The molecule has 1 aliphatic heterocycles. The van der Waals surface area contributed by atoms with E-state index in [1.807, 2.05) is 37.3 Å². The van der Waals surface area contributed by atoms with Gasteiger partial charge in [-0.15, -0.1) is 0 Å². The average molecular weight is 578 g/mol. The number of rotatable bonds is 6. The predicted octanol–water partition coefficient (Wildman–Crippen LogP) is 7.97. The lowest BCUT2D eigenvalue weighted by Gasteiger charge is -2.29. The molecule has 1 aliphatic rings. The van der Waals surface area contributed by atoms with Crippen molar-refractivity contribution in [2.24, 2.45) is 0 Å². The fraction of sp³-hybridized carbons (Fsp3) is 0.286. The molecule has 1 saturated heterocycles. The number of hydrogen-bond donors (Lipinski definition) is 1. The molecule has 1 fully saturated rings. The first-order valence-corrected chi connectivity index (χ1v) is 15.0. The van der Waals surface area contributed by atoms with Crippen molar-refractivity contribution in [2.45, 2.75) is 46.1 Å². The molecule has 6 rings (SSSR count). The minimum Gasteiger partial charge on any atom is -0.324 e. The summed E-state index contributed by atoms with van der Waals surface area (Å²) in [7, 11) is 2.19. The van der Waals surface area contributed by atoms with E-state index in [0.717, 1.165) is 40.9 Å². The van der Waals surface area contributed by atoms with Crippen molar-refractivity contribution in [1.29, 1.82) is 0 Å². The van der Waals surface area contributed by atoms with Crippen LogP contribution in [0.2, 0.25) is 5.02 Å². The van der Waals surface area contributed by atoms with Crippen LogP contribution in [0.25, 0.3) is 33.3 Å². The van der Waals surface area contributed by atoms with E-state index in [-0.39, 0.29) is 5.56 Å². The number of nitrogens with zero attached hydrogens (tertiary/aromatic N) is 4. The van der Waals surface area contributed by atoms with Crippen LogP contribution in [0.3, 0.4) is 0 Å². The molecule has 0 spiro atoms. The standard InChI is InChI=1S/C35H36ClN5O/c1-5-41-33-26(21-37-35(39-33)38-27-12-10-24(11-13-27)25-14-16-40(4)17-15-25)19-31(34(41)42)30-18-23(3)29(20-32(30)36)28-9-7-6-8-22(28)2/h6-13,18-21,25H,5,14-17H2,1-4H3,(H,37,38,39). The molecular weight excluding hydrogens is 542 g/mol. The third kappa shape index (κ3) is 5.44. The number of likely N-dealkylation sites (tertiary alicyclic amines) is 1. The van der Waals surface area contributed by atoms with Crippen LogP contribution in [0.5, 0.6) is 0 Å². The van der Waals surface area contributed by atoms with Crippen molar-refractivity contribution in [1.82, 2.24) is 19.4 Å². The lowest BCUT2D eigenvalue weighted by atomic mass is 9.89. The summed E-state index contributed by atoms with van der Waals surface area (Å²) in [5.74, 6) is 1.07. The molecule has 0 saturated carbocycles. The Morgan fingerprint density at radius 1 is 0.905 bits per heavy atom. The Labute approximate surface area is 252 Å². The number of benzene rings is 3. The van der Waals surface area contributed by atoms with Crippen LogP contribution >= 0.6 is 11.6 Å². The Kier molecular flexibility index (Phi) is 7.84. The Hall–Kier alpha value is -4.00. The van der Waals surface area contributed by atoms with Gasteiger partial charge >= 0.3 is 0 Å². The molecule has 3 aromatic carbocycles. The third-order valence-corrected chi connectivity index (χ3v) is 8.85. The van der Waals surface area contributed by atoms with Gasteiger partial charge in [-0.2, -0.15) is 4.98 Å². The highest BCUT2D eigenvalue weighted by molar-refractivity contribution is 6.33. The number of piperidine rings is 1. The van der Waals surface area contributed by atoms with Crippen LogP contribution in [0, 0.1) is 13.8 Å². The molecule has 0 amide bonds. The highest BCUT2D eigenvalue weighted by atomic mass is 35.5. The van der Waals surface area contributed by atoms with Gasteiger partial charge in [0.25, 0.3) is 5.56 Å². The number of aromatic nitrogens is 3. The van der Waals surface area contributed by atoms with Gasteiger partial charge in [0.15, 0.2) is 0 Å². The van der Waals surface area contributed by atoms with Gasteiger partial charge < -0.3 is 10.2 Å². The fourth-order valence-corrected chi connectivity index (χ4v) is 6.33. The van der Waals surface area contributed by atoms with Crippen LogP contribution in [-0.2, 0) is 6.54 Å². The molecule has 6 nitrogen and oxygen atoms in total. The fourth-order valence-electron chi connectivity index (χ4n) is 6.07. The summed E-state index contributed by atoms with van der Waals surface area (Å²) in [5.41, 5.74) is 8.47. The van der Waals surface area contributed by atoms with Crippen LogP contribution in [0.15, 0.2) is 77.7 Å². The molecule has 7 heteroatoms. The number of halogens is 1. The van der Waals surface area contributed by atoms with E-state index >= 15 is 0 Å². The molecule has 2 aromatic heterocycles. The second kappa shape index (κ2) is 11.7. The Balaban J connectivity index is 1.31. The van der Waals surface area contributed by atoms with Gasteiger partial charge in [0.2, 0.25) is 5.95 Å². The van der Waals surface area contributed by atoms with Gasteiger partial charge in [0.05, 0.1) is 0 Å². The molecule has 3 heterocycles. The molecule has 0 atom stereocenters. The van der Waals surface area contributed by atoms with Gasteiger partial charge in [-0.05, 0) is 118 Å². The summed E-state index contributed by atoms with van der Waals surface area (Å²) < 4.78 is 1.70. The number of hydrogen-bond acceptors (Lipinski definition) is 5. The summed E-state index contributed by atoms with van der Waals surface area (Å²) >= 11 is 6.85. The number of fused-ring (bicyclic) bond motifs is 1. The molecule has 42 heavy (non-hydrogen) atoms. The van der Waals surface area contributed by atoms with Crippen molar-refractivity contribution in [2.75, 3.05) is 25.5 Å². The lowest BCUT2D eigenvalue weighted by molar-refractivity contribution is 0.255. The molecule has 1 N–H and O–H groups in total. The van der Waals surface area contributed by atoms with Gasteiger partial charge in [0.1, 0.15) is 5.65 Å². The highest BCUT2D eigenvalue weighted by Crippen LogP contribution is 2.36. The Morgan fingerprint density at radius 3 is 2.36 bits per heavy atom. The summed E-state index contributed by atoms with van der Waals surface area (Å²) in [4.78, 5) is 25.5. The molecule has 5 aromatic rings. The molecule has 0 radical (unpaired) electrons. The first kappa shape index (κ1) is 28.1. The van der Waals surface area contributed by atoms with Gasteiger partial charge in [-0.3, -0.25) is 9.36 Å². The first-order chi connectivity index (χ1) is 20.3. The first-order valence-electron chi connectivity index (χ1n) is 14.6. The van der Waals surface area contributed by atoms with E-state index in [4.69, 9.17) is 16.6 Å². The van der Waals surface area contributed by atoms with Crippen molar-refractivity contribution in [3.05, 3.63) is 105 Å². The van der Waals surface area contributed by atoms with Crippen LogP contribution in [-0.4, -0.2) is 39.6 Å². The molecule has 0 bridgehead atoms. The second-order valence-corrected chi connectivity index (χ2v) is 11.8. The largest absolute Gasteiger partial charge is 0.324 e.